The predicted molar refractivity (Wildman–Crippen MR) is 117 cm³/mol. The maximum Gasteiger partial charge on any atom is 0.196 e. The zero-order valence-corrected chi connectivity index (χ0v) is 17.9. The number of thiophene rings is 1. The van der Waals surface area contributed by atoms with Crippen molar-refractivity contribution in [1.82, 2.24) is 14.8 Å². The van der Waals surface area contributed by atoms with E-state index in [1.807, 2.05) is 64.5 Å². The molecule has 4 aromatic rings. The second-order valence-corrected chi connectivity index (χ2v) is 8.51. The van der Waals surface area contributed by atoms with Crippen LogP contribution in [0, 0.1) is 0 Å². The van der Waals surface area contributed by atoms with Crippen molar-refractivity contribution >= 4 is 46.3 Å². The molecule has 2 aromatic carbocycles. The Kier molecular flexibility index (Phi) is 5.92. The summed E-state index contributed by atoms with van der Waals surface area (Å²) in [6.45, 7) is 0. The molecular formula is C20H15Cl2N3OS2. The summed E-state index contributed by atoms with van der Waals surface area (Å²) in [5, 5.41) is 13.0. The third kappa shape index (κ3) is 3.91. The number of aromatic nitrogens is 3. The van der Waals surface area contributed by atoms with E-state index in [0.29, 0.717) is 15.8 Å². The average Bonchev–Trinajstić information content (AvgIpc) is 3.37. The third-order valence-corrected chi connectivity index (χ3v) is 6.64. The molecule has 0 saturated carbocycles. The highest BCUT2D eigenvalue weighted by atomic mass is 35.5. The van der Waals surface area contributed by atoms with E-state index in [0.717, 1.165) is 32.9 Å². The molecule has 142 valence electrons. The van der Waals surface area contributed by atoms with Gasteiger partial charge in [0.05, 0.1) is 17.7 Å². The monoisotopic (exact) mass is 447 g/mol. The van der Waals surface area contributed by atoms with E-state index < -0.39 is 0 Å². The van der Waals surface area contributed by atoms with Crippen molar-refractivity contribution in [2.45, 2.75) is 10.9 Å². The summed E-state index contributed by atoms with van der Waals surface area (Å²) in [7, 11) is 1.65. The Bertz CT molecular complexity index is 1060. The predicted octanol–water partition coefficient (Wildman–Crippen LogP) is 6.60. The van der Waals surface area contributed by atoms with Gasteiger partial charge in [0.15, 0.2) is 11.0 Å². The van der Waals surface area contributed by atoms with Gasteiger partial charge in [-0.3, -0.25) is 4.57 Å². The van der Waals surface area contributed by atoms with Gasteiger partial charge in [-0.25, -0.2) is 0 Å². The number of halogens is 2. The van der Waals surface area contributed by atoms with Gasteiger partial charge >= 0.3 is 0 Å². The average molecular weight is 448 g/mol. The number of hydrogen-bond donors (Lipinski definition) is 0. The minimum absolute atomic E-state index is 0.594. The minimum atomic E-state index is 0.594. The summed E-state index contributed by atoms with van der Waals surface area (Å²) in [6, 6.07) is 17.4. The first-order valence-electron chi connectivity index (χ1n) is 8.37. The van der Waals surface area contributed by atoms with Crippen LogP contribution in [0.1, 0.15) is 5.56 Å². The molecule has 0 spiro atoms. The van der Waals surface area contributed by atoms with E-state index in [2.05, 4.69) is 10.2 Å². The lowest BCUT2D eigenvalue weighted by molar-refractivity contribution is 0.414. The Balaban J connectivity index is 1.73. The van der Waals surface area contributed by atoms with Crippen LogP contribution in [-0.4, -0.2) is 21.9 Å². The molecular weight excluding hydrogens is 433 g/mol. The smallest absolute Gasteiger partial charge is 0.196 e. The van der Waals surface area contributed by atoms with Crippen molar-refractivity contribution in [3.05, 3.63) is 75.6 Å². The third-order valence-electron chi connectivity index (χ3n) is 4.11. The lowest BCUT2D eigenvalue weighted by Gasteiger charge is -2.11. The van der Waals surface area contributed by atoms with E-state index in [9.17, 15) is 0 Å². The molecule has 0 fully saturated rings. The molecule has 0 saturated heterocycles. The van der Waals surface area contributed by atoms with Crippen molar-refractivity contribution in [3.8, 4) is 22.1 Å². The Morgan fingerprint density at radius 2 is 1.75 bits per heavy atom. The van der Waals surface area contributed by atoms with Crippen LogP contribution in [0.3, 0.4) is 0 Å². The van der Waals surface area contributed by atoms with Gasteiger partial charge in [-0.2, -0.15) is 0 Å². The van der Waals surface area contributed by atoms with Crippen molar-refractivity contribution in [3.63, 3.8) is 0 Å². The molecule has 0 aliphatic heterocycles. The van der Waals surface area contributed by atoms with E-state index in [4.69, 9.17) is 27.9 Å². The van der Waals surface area contributed by atoms with Gasteiger partial charge < -0.3 is 4.74 Å². The normalized spacial score (nSPS) is 11.0. The molecule has 0 bridgehead atoms. The topological polar surface area (TPSA) is 39.9 Å². The summed E-state index contributed by atoms with van der Waals surface area (Å²) in [4.78, 5) is 1.05. The number of rotatable bonds is 6. The number of nitrogens with zero attached hydrogens (tertiary/aromatic N) is 3. The number of thioether (sulfide) groups is 1. The molecule has 0 aliphatic carbocycles. The standard InChI is InChI=1S/C20H15Cl2N3OS2/c1-26-14-9-7-13(8-10-14)25-19(18-6-3-11-27-18)23-24-20(25)28-12-15-16(21)4-2-5-17(15)22/h2-11H,12H2,1H3. The second-order valence-electron chi connectivity index (χ2n) is 5.81. The maximum atomic E-state index is 6.32. The first-order valence-corrected chi connectivity index (χ1v) is 11.0. The van der Waals surface area contributed by atoms with Gasteiger partial charge in [0, 0.05) is 15.8 Å². The van der Waals surface area contributed by atoms with Crippen molar-refractivity contribution in [2.75, 3.05) is 7.11 Å². The Hall–Kier alpha value is -1.99. The van der Waals surface area contributed by atoms with Crippen LogP contribution in [0.4, 0.5) is 0 Å². The lowest BCUT2D eigenvalue weighted by Crippen LogP contribution is -1.99. The molecule has 0 N–H and O–H groups in total. The highest BCUT2D eigenvalue weighted by Gasteiger charge is 2.18. The fourth-order valence-corrected chi connectivity index (χ4v) is 5.09. The molecule has 8 heteroatoms. The highest BCUT2D eigenvalue weighted by molar-refractivity contribution is 7.98. The van der Waals surface area contributed by atoms with Crippen LogP contribution >= 0.6 is 46.3 Å². The van der Waals surface area contributed by atoms with Crippen LogP contribution in [0.15, 0.2) is 65.1 Å². The van der Waals surface area contributed by atoms with Crippen molar-refractivity contribution < 1.29 is 4.74 Å². The minimum Gasteiger partial charge on any atom is -0.497 e. The molecule has 0 aliphatic rings. The fourth-order valence-electron chi connectivity index (χ4n) is 2.70. The van der Waals surface area contributed by atoms with Gasteiger partial charge in [0.2, 0.25) is 0 Å². The molecule has 0 amide bonds. The van der Waals surface area contributed by atoms with E-state index in [1.165, 1.54) is 0 Å². The SMILES string of the molecule is COc1ccc(-n2c(SCc3c(Cl)cccc3Cl)nnc2-c2cccs2)cc1. The largest absolute Gasteiger partial charge is 0.497 e. The van der Waals surface area contributed by atoms with E-state index in [-0.39, 0.29) is 0 Å². The molecule has 4 rings (SSSR count). The van der Waals surface area contributed by atoms with Crippen LogP contribution in [0.25, 0.3) is 16.4 Å². The summed E-state index contributed by atoms with van der Waals surface area (Å²) in [5.74, 6) is 2.19. The molecule has 0 unspecified atom stereocenters. The lowest BCUT2D eigenvalue weighted by atomic mass is 10.2. The van der Waals surface area contributed by atoms with E-state index >= 15 is 0 Å². The molecule has 2 heterocycles. The molecule has 4 nitrogen and oxygen atoms in total. The molecule has 0 atom stereocenters. The zero-order valence-electron chi connectivity index (χ0n) is 14.8. The van der Waals surface area contributed by atoms with E-state index in [1.54, 1.807) is 30.2 Å². The molecule has 28 heavy (non-hydrogen) atoms. The first kappa shape index (κ1) is 19.3. The molecule has 2 aromatic heterocycles. The van der Waals surface area contributed by atoms with Gasteiger partial charge in [0.1, 0.15) is 5.75 Å². The zero-order chi connectivity index (χ0) is 19.5. The van der Waals surface area contributed by atoms with Crippen LogP contribution in [-0.2, 0) is 5.75 Å². The van der Waals surface area contributed by atoms with Gasteiger partial charge in [0.25, 0.3) is 0 Å². The maximum absolute atomic E-state index is 6.32. The van der Waals surface area contributed by atoms with Crippen LogP contribution in [0.5, 0.6) is 5.75 Å². The quantitative estimate of drug-likeness (QED) is 0.312. The number of benzene rings is 2. The number of hydrogen-bond acceptors (Lipinski definition) is 5. The second kappa shape index (κ2) is 8.57. The number of methoxy groups -OCH3 is 1. The van der Waals surface area contributed by atoms with Crippen LogP contribution in [0.2, 0.25) is 10.0 Å². The summed E-state index contributed by atoms with van der Waals surface area (Å²) in [5.41, 5.74) is 1.85. The Morgan fingerprint density at radius 3 is 2.39 bits per heavy atom. The van der Waals surface area contributed by atoms with Crippen molar-refractivity contribution in [1.29, 1.82) is 0 Å². The highest BCUT2D eigenvalue weighted by Crippen LogP contribution is 2.35. The Labute approximate surface area is 181 Å². The van der Waals surface area contributed by atoms with Crippen LogP contribution < -0.4 is 4.74 Å². The Morgan fingerprint density at radius 1 is 1.00 bits per heavy atom. The summed E-state index contributed by atoms with van der Waals surface area (Å²) in [6.07, 6.45) is 0. The van der Waals surface area contributed by atoms with Crippen molar-refractivity contribution in [2.24, 2.45) is 0 Å². The molecule has 0 radical (unpaired) electrons. The summed E-state index contributed by atoms with van der Waals surface area (Å²) < 4.78 is 7.32. The number of ether oxygens (including phenoxy) is 1. The summed E-state index contributed by atoms with van der Waals surface area (Å²) >= 11 is 15.8. The van der Waals surface area contributed by atoms with Gasteiger partial charge in [-0.1, -0.05) is 47.1 Å². The van der Waals surface area contributed by atoms with Gasteiger partial charge in [-0.05, 0) is 53.4 Å². The first-order chi connectivity index (χ1) is 13.7. The van der Waals surface area contributed by atoms with Gasteiger partial charge in [-0.15, -0.1) is 21.5 Å². The fraction of sp³-hybridized carbons (Fsp3) is 0.100.